The Labute approximate surface area is 115 Å². The van der Waals surface area contributed by atoms with Gasteiger partial charge in [0.1, 0.15) is 5.75 Å². The van der Waals surface area contributed by atoms with E-state index in [1.165, 1.54) is 5.69 Å². The van der Waals surface area contributed by atoms with Crippen LogP contribution in [0.4, 0.5) is 5.69 Å². The molecular formula is C15H24N2O2. The highest BCUT2D eigenvalue weighted by molar-refractivity contribution is 5.58. The molecule has 0 saturated carbocycles. The first kappa shape index (κ1) is 14.2. The molecule has 0 amide bonds. The van der Waals surface area contributed by atoms with E-state index in [1.807, 2.05) is 6.07 Å². The summed E-state index contributed by atoms with van der Waals surface area (Å²) in [4.78, 5) is 2.43. The second-order valence-corrected chi connectivity index (χ2v) is 4.75. The minimum atomic E-state index is 0.778. The predicted octanol–water partition coefficient (Wildman–Crippen LogP) is 1.90. The zero-order valence-electron chi connectivity index (χ0n) is 11.7. The second-order valence-electron chi connectivity index (χ2n) is 4.75. The minimum absolute atomic E-state index is 0.778. The maximum atomic E-state index is 5.76. The standard InChI is InChI=1S/C15H24N2O2/c1-18-13-9-16-8-4-10-17-11-5-12-19-15-7-3-2-6-14(15)17/h2-3,6-7,16H,4-5,8-13H2,1H3. The van der Waals surface area contributed by atoms with Crippen LogP contribution in [0, 0.1) is 0 Å². The van der Waals surface area contributed by atoms with Gasteiger partial charge in [-0.2, -0.15) is 0 Å². The number of para-hydroxylation sites is 2. The van der Waals surface area contributed by atoms with Gasteiger partial charge in [0.2, 0.25) is 0 Å². The van der Waals surface area contributed by atoms with E-state index in [1.54, 1.807) is 7.11 Å². The summed E-state index contributed by atoms with van der Waals surface area (Å²) in [5, 5.41) is 3.38. The number of methoxy groups -OCH3 is 1. The number of benzene rings is 1. The van der Waals surface area contributed by atoms with Gasteiger partial charge in [-0.3, -0.25) is 0 Å². The van der Waals surface area contributed by atoms with E-state index in [0.29, 0.717) is 0 Å². The zero-order chi connectivity index (χ0) is 13.3. The molecule has 0 unspecified atom stereocenters. The van der Waals surface area contributed by atoms with E-state index in [0.717, 1.165) is 58.0 Å². The van der Waals surface area contributed by atoms with E-state index in [2.05, 4.69) is 28.4 Å². The van der Waals surface area contributed by atoms with Crippen LogP contribution in [-0.2, 0) is 4.74 Å². The van der Waals surface area contributed by atoms with Crippen molar-refractivity contribution in [3.05, 3.63) is 24.3 Å². The first-order valence-corrected chi connectivity index (χ1v) is 7.08. The molecule has 1 N–H and O–H groups in total. The lowest BCUT2D eigenvalue weighted by Gasteiger charge is -2.23. The molecule has 19 heavy (non-hydrogen) atoms. The largest absolute Gasteiger partial charge is 0.491 e. The van der Waals surface area contributed by atoms with E-state index in [4.69, 9.17) is 9.47 Å². The SMILES string of the molecule is COCCNCCCN1CCCOc2ccccc21. The topological polar surface area (TPSA) is 33.7 Å². The number of rotatable bonds is 7. The van der Waals surface area contributed by atoms with E-state index in [9.17, 15) is 0 Å². The van der Waals surface area contributed by atoms with Crippen molar-refractivity contribution < 1.29 is 9.47 Å². The normalized spacial score (nSPS) is 14.7. The number of ether oxygens (including phenoxy) is 2. The molecule has 0 radical (unpaired) electrons. The summed E-state index contributed by atoms with van der Waals surface area (Å²) >= 11 is 0. The molecule has 1 heterocycles. The number of nitrogens with zero attached hydrogens (tertiary/aromatic N) is 1. The van der Waals surface area contributed by atoms with Crippen LogP contribution in [0.1, 0.15) is 12.8 Å². The monoisotopic (exact) mass is 264 g/mol. The van der Waals surface area contributed by atoms with Crippen LogP contribution >= 0.6 is 0 Å². The number of anilines is 1. The number of hydrogen-bond acceptors (Lipinski definition) is 4. The van der Waals surface area contributed by atoms with Gasteiger partial charge in [-0.05, 0) is 31.5 Å². The Morgan fingerprint density at radius 1 is 1.32 bits per heavy atom. The molecule has 0 saturated heterocycles. The Bertz CT molecular complexity index is 371. The summed E-state index contributed by atoms with van der Waals surface area (Å²) in [7, 11) is 1.73. The summed E-state index contributed by atoms with van der Waals surface area (Å²) in [6, 6.07) is 8.33. The summed E-state index contributed by atoms with van der Waals surface area (Å²) < 4.78 is 10.8. The van der Waals surface area contributed by atoms with Gasteiger partial charge in [-0.15, -0.1) is 0 Å². The van der Waals surface area contributed by atoms with Crippen LogP contribution in [-0.4, -0.2) is 46.5 Å². The average Bonchev–Trinajstić information content (AvgIpc) is 2.65. The van der Waals surface area contributed by atoms with Gasteiger partial charge >= 0.3 is 0 Å². The number of hydrogen-bond donors (Lipinski definition) is 1. The van der Waals surface area contributed by atoms with Crippen molar-refractivity contribution in [1.82, 2.24) is 5.32 Å². The summed E-state index contributed by atoms with van der Waals surface area (Å²) in [6.07, 6.45) is 2.23. The van der Waals surface area contributed by atoms with Crippen LogP contribution < -0.4 is 15.0 Å². The van der Waals surface area contributed by atoms with E-state index < -0.39 is 0 Å². The lowest BCUT2D eigenvalue weighted by molar-refractivity contribution is 0.199. The molecule has 1 aromatic carbocycles. The minimum Gasteiger partial charge on any atom is -0.491 e. The van der Waals surface area contributed by atoms with Crippen LogP contribution in [0.25, 0.3) is 0 Å². The number of nitrogens with one attached hydrogen (secondary N) is 1. The molecule has 0 bridgehead atoms. The van der Waals surface area contributed by atoms with E-state index in [-0.39, 0.29) is 0 Å². The highest BCUT2D eigenvalue weighted by Gasteiger charge is 2.14. The molecule has 4 heteroatoms. The lowest BCUT2D eigenvalue weighted by Crippen LogP contribution is -2.29. The first-order valence-electron chi connectivity index (χ1n) is 7.08. The molecule has 4 nitrogen and oxygen atoms in total. The molecule has 1 aliphatic heterocycles. The van der Waals surface area contributed by atoms with Gasteiger partial charge in [0.05, 0.1) is 18.9 Å². The Morgan fingerprint density at radius 3 is 3.11 bits per heavy atom. The van der Waals surface area contributed by atoms with Gasteiger partial charge in [0, 0.05) is 26.7 Å². The Balaban J connectivity index is 1.79. The molecule has 1 aromatic rings. The summed E-state index contributed by atoms with van der Waals surface area (Å²) in [5.74, 6) is 1.02. The first-order chi connectivity index (χ1) is 9.42. The third kappa shape index (κ3) is 4.40. The fraction of sp³-hybridized carbons (Fsp3) is 0.600. The quantitative estimate of drug-likeness (QED) is 0.763. The zero-order valence-corrected chi connectivity index (χ0v) is 11.7. The van der Waals surface area contributed by atoms with Crippen LogP contribution in [0.15, 0.2) is 24.3 Å². The molecule has 0 atom stereocenters. The molecule has 0 aromatic heterocycles. The van der Waals surface area contributed by atoms with Crippen LogP contribution in [0.2, 0.25) is 0 Å². The van der Waals surface area contributed by atoms with Crippen molar-refractivity contribution in [3.8, 4) is 5.75 Å². The third-order valence-electron chi connectivity index (χ3n) is 3.30. The van der Waals surface area contributed by atoms with E-state index >= 15 is 0 Å². The average molecular weight is 264 g/mol. The third-order valence-corrected chi connectivity index (χ3v) is 3.30. The molecular weight excluding hydrogens is 240 g/mol. The number of fused-ring (bicyclic) bond motifs is 1. The predicted molar refractivity (Wildman–Crippen MR) is 78.1 cm³/mol. The Hall–Kier alpha value is -1.26. The van der Waals surface area contributed by atoms with Crippen LogP contribution in [0.3, 0.4) is 0 Å². The van der Waals surface area contributed by atoms with Crippen LogP contribution in [0.5, 0.6) is 5.75 Å². The smallest absolute Gasteiger partial charge is 0.142 e. The molecule has 0 spiro atoms. The summed E-state index contributed by atoms with van der Waals surface area (Å²) in [6.45, 7) is 5.70. The van der Waals surface area contributed by atoms with Crippen molar-refractivity contribution in [2.24, 2.45) is 0 Å². The highest BCUT2D eigenvalue weighted by Crippen LogP contribution is 2.30. The molecule has 106 valence electrons. The fourth-order valence-electron chi connectivity index (χ4n) is 2.32. The van der Waals surface area contributed by atoms with Gasteiger partial charge in [0.25, 0.3) is 0 Å². The van der Waals surface area contributed by atoms with Crippen molar-refractivity contribution >= 4 is 5.69 Å². The maximum absolute atomic E-state index is 5.76. The second kappa shape index (κ2) is 8.02. The van der Waals surface area contributed by atoms with Gasteiger partial charge in [0.15, 0.2) is 0 Å². The van der Waals surface area contributed by atoms with Gasteiger partial charge in [-0.25, -0.2) is 0 Å². The van der Waals surface area contributed by atoms with Gasteiger partial charge < -0.3 is 19.7 Å². The maximum Gasteiger partial charge on any atom is 0.142 e. The summed E-state index contributed by atoms with van der Waals surface area (Å²) in [5.41, 5.74) is 1.23. The van der Waals surface area contributed by atoms with Crippen molar-refractivity contribution in [3.63, 3.8) is 0 Å². The van der Waals surface area contributed by atoms with Crippen molar-refractivity contribution in [1.29, 1.82) is 0 Å². The molecule has 0 fully saturated rings. The Morgan fingerprint density at radius 2 is 2.21 bits per heavy atom. The fourth-order valence-corrected chi connectivity index (χ4v) is 2.32. The molecule has 0 aliphatic carbocycles. The lowest BCUT2D eigenvalue weighted by atomic mass is 10.2. The molecule has 1 aliphatic rings. The highest BCUT2D eigenvalue weighted by atomic mass is 16.5. The van der Waals surface area contributed by atoms with Gasteiger partial charge in [-0.1, -0.05) is 12.1 Å². The Kier molecular flexibility index (Phi) is 5.98. The van der Waals surface area contributed by atoms with Crippen molar-refractivity contribution in [2.45, 2.75) is 12.8 Å². The van der Waals surface area contributed by atoms with Crippen molar-refractivity contribution in [2.75, 3.05) is 51.4 Å². The molecule has 2 rings (SSSR count).